The molecule has 4 rings (SSSR count). The lowest BCUT2D eigenvalue weighted by molar-refractivity contribution is 0.151. The van der Waals surface area contributed by atoms with E-state index in [9.17, 15) is 13.2 Å². The zero-order valence-electron chi connectivity index (χ0n) is 15.9. The molecule has 3 heterocycles. The van der Waals surface area contributed by atoms with Gasteiger partial charge in [0.25, 0.3) is 6.43 Å². The van der Waals surface area contributed by atoms with Crippen molar-refractivity contribution in [3.8, 4) is 0 Å². The Hall–Kier alpha value is -2.94. The smallest absolute Gasteiger partial charge is 0.267 e. The number of fused-ring (bicyclic) bond motifs is 1. The average Bonchev–Trinajstić information content (AvgIpc) is 2.71. The molecule has 152 valence electrons. The Bertz CT molecular complexity index is 1010. The first kappa shape index (κ1) is 19.4. The molecule has 29 heavy (non-hydrogen) atoms. The maximum atomic E-state index is 14.5. The van der Waals surface area contributed by atoms with Crippen molar-refractivity contribution in [1.82, 2.24) is 20.3 Å². The topological polar surface area (TPSA) is 66.0 Å². The molecule has 1 aliphatic rings. The fourth-order valence-electron chi connectivity index (χ4n) is 3.60. The van der Waals surface area contributed by atoms with Crippen molar-refractivity contribution in [2.45, 2.75) is 25.9 Å². The molecule has 6 nitrogen and oxygen atoms in total. The fraction of sp³-hybridized carbons (Fsp3) is 0.350. The summed E-state index contributed by atoms with van der Waals surface area (Å²) in [5, 5.41) is 6.40. The molecule has 0 unspecified atom stereocenters. The van der Waals surface area contributed by atoms with E-state index in [1.54, 1.807) is 6.07 Å². The molecule has 2 aromatic heterocycles. The molecule has 0 bridgehead atoms. The minimum Gasteiger partial charge on any atom is -0.378 e. The third-order valence-corrected chi connectivity index (χ3v) is 4.97. The van der Waals surface area contributed by atoms with Crippen molar-refractivity contribution >= 4 is 22.4 Å². The number of nitrogens with zero attached hydrogens (tertiary/aromatic N) is 4. The molecule has 2 N–H and O–H groups in total. The zero-order chi connectivity index (χ0) is 20.4. The van der Waals surface area contributed by atoms with Gasteiger partial charge in [-0.05, 0) is 13.0 Å². The Morgan fingerprint density at radius 1 is 1.21 bits per heavy atom. The van der Waals surface area contributed by atoms with E-state index in [1.165, 1.54) is 30.9 Å². The Balaban J connectivity index is 1.65. The van der Waals surface area contributed by atoms with Crippen LogP contribution in [-0.4, -0.2) is 40.6 Å². The van der Waals surface area contributed by atoms with Crippen LogP contribution >= 0.6 is 0 Å². The van der Waals surface area contributed by atoms with Crippen LogP contribution in [0.2, 0.25) is 0 Å². The highest BCUT2D eigenvalue weighted by Crippen LogP contribution is 2.36. The van der Waals surface area contributed by atoms with Crippen LogP contribution in [-0.2, 0) is 6.54 Å². The Morgan fingerprint density at radius 2 is 1.97 bits per heavy atom. The number of anilines is 2. The molecular weight excluding hydrogens is 381 g/mol. The van der Waals surface area contributed by atoms with Gasteiger partial charge < -0.3 is 15.5 Å². The van der Waals surface area contributed by atoms with E-state index in [4.69, 9.17) is 0 Å². The molecule has 1 atom stereocenters. The number of benzene rings is 1. The van der Waals surface area contributed by atoms with Crippen molar-refractivity contribution in [2.75, 3.05) is 29.9 Å². The van der Waals surface area contributed by atoms with Crippen LogP contribution in [0.25, 0.3) is 11.0 Å². The van der Waals surface area contributed by atoms with Crippen molar-refractivity contribution in [3.63, 3.8) is 0 Å². The highest BCUT2D eigenvalue weighted by molar-refractivity contribution is 5.76. The van der Waals surface area contributed by atoms with Gasteiger partial charge in [0.1, 0.15) is 5.82 Å². The second kappa shape index (κ2) is 8.20. The van der Waals surface area contributed by atoms with Crippen LogP contribution < -0.4 is 15.5 Å². The van der Waals surface area contributed by atoms with Crippen LogP contribution in [0.1, 0.15) is 24.5 Å². The molecule has 9 heteroatoms. The molecular formula is C20H21F3N6. The fourth-order valence-corrected chi connectivity index (χ4v) is 3.60. The number of piperazine rings is 1. The number of pyridine rings is 1. The van der Waals surface area contributed by atoms with E-state index in [0.717, 1.165) is 0 Å². The van der Waals surface area contributed by atoms with E-state index >= 15 is 0 Å². The van der Waals surface area contributed by atoms with Crippen LogP contribution in [0.5, 0.6) is 0 Å². The summed E-state index contributed by atoms with van der Waals surface area (Å²) in [7, 11) is 0. The molecule has 1 saturated heterocycles. The normalized spacial score (nSPS) is 17.1. The summed E-state index contributed by atoms with van der Waals surface area (Å²) in [6.07, 6.45) is 3.09. The molecule has 1 aliphatic heterocycles. The highest BCUT2D eigenvalue weighted by atomic mass is 19.3. The van der Waals surface area contributed by atoms with E-state index in [0.29, 0.717) is 47.6 Å². The van der Waals surface area contributed by atoms with Gasteiger partial charge in [0.15, 0.2) is 0 Å². The van der Waals surface area contributed by atoms with E-state index in [2.05, 4.69) is 25.6 Å². The predicted molar refractivity (Wildman–Crippen MR) is 106 cm³/mol. The van der Waals surface area contributed by atoms with Crippen LogP contribution in [0.4, 0.5) is 24.5 Å². The minimum absolute atomic E-state index is 0.112. The van der Waals surface area contributed by atoms with Crippen LogP contribution in [0, 0.1) is 5.82 Å². The summed E-state index contributed by atoms with van der Waals surface area (Å²) < 4.78 is 41.8. The molecule has 0 spiro atoms. The SMILES string of the molecule is C[C@H]1CN(c2c(NCc3cc4nccnc4cc3F)cncc2C(F)F)CCN1. The number of aromatic nitrogens is 3. The van der Waals surface area contributed by atoms with Gasteiger partial charge >= 0.3 is 0 Å². The predicted octanol–water partition coefficient (Wildman–Crippen LogP) is 3.51. The number of halogens is 3. The maximum absolute atomic E-state index is 14.5. The summed E-state index contributed by atoms with van der Waals surface area (Å²) in [6.45, 7) is 4.01. The van der Waals surface area contributed by atoms with Crippen molar-refractivity contribution in [1.29, 1.82) is 0 Å². The van der Waals surface area contributed by atoms with Gasteiger partial charge in [-0.25, -0.2) is 13.2 Å². The lowest BCUT2D eigenvalue weighted by Gasteiger charge is -2.36. The van der Waals surface area contributed by atoms with Crippen LogP contribution in [0.3, 0.4) is 0 Å². The van der Waals surface area contributed by atoms with Crippen molar-refractivity contribution in [3.05, 3.63) is 53.9 Å². The average molecular weight is 402 g/mol. The molecule has 3 aromatic rings. The van der Waals surface area contributed by atoms with Gasteiger partial charge in [0, 0.05) is 62.4 Å². The molecule has 0 radical (unpaired) electrons. The van der Waals surface area contributed by atoms with E-state index in [-0.39, 0.29) is 18.2 Å². The number of hydrogen-bond acceptors (Lipinski definition) is 6. The number of nitrogens with one attached hydrogen (secondary N) is 2. The van der Waals surface area contributed by atoms with Gasteiger partial charge in [-0.3, -0.25) is 15.0 Å². The van der Waals surface area contributed by atoms with Gasteiger partial charge in [-0.2, -0.15) is 0 Å². The molecule has 0 aliphatic carbocycles. The van der Waals surface area contributed by atoms with Crippen molar-refractivity contribution in [2.24, 2.45) is 0 Å². The largest absolute Gasteiger partial charge is 0.378 e. The van der Waals surface area contributed by atoms with E-state index in [1.807, 2.05) is 11.8 Å². The number of hydrogen-bond donors (Lipinski definition) is 2. The second-order valence-electron chi connectivity index (χ2n) is 7.07. The first-order valence-corrected chi connectivity index (χ1v) is 9.40. The summed E-state index contributed by atoms with van der Waals surface area (Å²) in [6, 6.07) is 3.11. The quantitative estimate of drug-likeness (QED) is 0.681. The molecule has 0 saturated carbocycles. The third-order valence-electron chi connectivity index (χ3n) is 4.97. The monoisotopic (exact) mass is 402 g/mol. The maximum Gasteiger partial charge on any atom is 0.267 e. The number of rotatable bonds is 5. The minimum atomic E-state index is -2.66. The zero-order valence-corrected chi connectivity index (χ0v) is 15.9. The van der Waals surface area contributed by atoms with Crippen molar-refractivity contribution < 1.29 is 13.2 Å². The highest BCUT2D eigenvalue weighted by Gasteiger charge is 2.25. The summed E-state index contributed by atoms with van der Waals surface area (Å²) in [5.41, 5.74) is 2.15. The molecule has 0 amide bonds. The van der Waals surface area contributed by atoms with Gasteiger partial charge in [-0.1, -0.05) is 0 Å². The van der Waals surface area contributed by atoms with E-state index < -0.39 is 12.2 Å². The first-order chi connectivity index (χ1) is 14.0. The van der Waals surface area contributed by atoms with Crippen LogP contribution in [0.15, 0.2) is 36.9 Å². The Morgan fingerprint density at radius 3 is 2.69 bits per heavy atom. The standard InChI is InChI=1S/C20H21F3N6/c1-12-11-29(5-4-25-12)19-14(20(22)23)9-24-10-18(19)28-8-13-6-16-17(7-15(13)21)27-3-2-26-16/h2-3,6-7,9-10,12,20,25,28H,4-5,8,11H2,1H3/t12-/m0/s1. The molecule has 1 fully saturated rings. The second-order valence-corrected chi connectivity index (χ2v) is 7.07. The third kappa shape index (κ3) is 4.09. The summed E-state index contributed by atoms with van der Waals surface area (Å²) >= 11 is 0. The lowest BCUT2D eigenvalue weighted by atomic mass is 10.1. The Kier molecular flexibility index (Phi) is 5.48. The summed E-state index contributed by atoms with van der Waals surface area (Å²) in [4.78, 5) is 14.2. The lowest BCUT2D eigenvalue weighted by Crippen LogP contribution is -2.49. The van der Waals surface area contributed by atoms with Gasteiger partial charge in [-0.15, -0.1) is 0 Å². The summed E-state index contributed by atoms with van der Waals surface area (Å²) in [5.74, 6) is -0.430. The van der Waals surface area contributed by atoms with Gasteiger partial charge in [0.05, 0.1) is 34.2 Å². The first-order valence-electron chi connectivity index (χ1n) is 9.40. The Labute approximate surface area is 166 Å². The van der Waals surface area contributed by atoms with Gasteiger partial charge in [0.2, 0.25) is 0 Å². The number of alkyl halides is 2. The molecule has 1 aromatic carbocycles.